The lowest BCUT2D eigenvalue weighted by Crippen LogP contribution is -2.49. The summed E-state index contributed by atoms with van der Waals surface area (Å²) < 4.78 is 5.29. The van der Waals surface area contributed by atoms with Gasteiger partial charge in [0.15, 0.2) is 0 Å². The molecule has 2 aliphatic heterocycles. The number of aliphatic carboxylic acids is 1. The van der Waals surface area contributed by atoms with Gasteiger partial charge in [-0.1, -0.05) is 24.3 Å². The Morgan fingerprint density at radius 3 is 2.71 bits per heavy atom. The van der Waals surface area contributed by atoms with Crippen molar-refractivity contribution < 1.29 is 19.4 Å². The minimum absolute atomic E-state index is 0.0765. The highest BCUT2D eigenvalue weighted by Crippen LogP contribution is 2.26. The number of nitrogens with zero attached hydrogens (tertiary/aromatic N) is 1. The molecule has 1 fully saturated rings. The highest BCUT2D eigenvalue weighted by atomic mass is 16.5. The molecule has 0 saturated carbocycles. The average molecular weight is 289 g/mol. The van der Waals surface area contributed by atoms with Gasteiger partial charge in [-0.05, 0) is 23.5 Å². The Bertz CT molecular complexity index is 551. The van der Waals surface area contributed by atoms with Crippen LogP contribution in [-0.2, 0) is 27.3 Å². The lowest BCUT2D eigenvalue weighted by Gasteiger charge is -2.35. The van der Waals surface area contributed by atoms with Gasteiger partial charge in [-0.15, -0.1) is 0 Å². The first-order valence-corrected chi connectivity index (χ1v) is 7.32. The maximum atomic E-state index is 12.5. The Balaban J connectivity index is 1.78. The van der Waals surface area contributed by atoms with Gasteiger partial charge in [0.1, 0.15) is 6.04 Å². The van der Waals surface area contributed by atoms with E-state index in [0.717, 1.165) is 17.5 Å². The first-order valence-electron chi connectivity index (χ1n) is 7.32. The van der Waals surface area contributed by atoms with E-state index in [1.807, 2.05) is 24.3 Å². The highest BCUT2D eigenvalue weighted by Gasteiger charge is 2.35. The van der Waals surface area contributed by atoms with Crippen LogP contribution in [0.4, 0.5) is 0 Å². The Morgan fingerprint density at radius 1 is 1.29 bits per heavy atom. The Labute approximate surface area is 123 Å². The van der Waals surface area contributed by atoms with Gasteiger partial charge in [0, 0.05) is 32.6 Å². The third kappa shape index (κ3) is 2.93. The van der Waals surface area contributed by atoms with E-state index in [-0.39, 0.29) is 11.8 Å². The van der Waals surface area contributed by atoms with E-state index in [1.165, 1.54) is 4.90 Å². The second-order valence-corrected chi connectivity index (χ2v) is 5.78. The van der Waals surface area contributed by atoms with Crippen LogP contribution in [0.25, 0.3) is 0 Å². The van der Waals surface area contributed by atoms with Crippen LogP contribution in [0.1, 0.15) is 24.0 Å². The van der Waals surface area contributed by atoms with Crippen LogP contribution in [0, 0.1) is 5.92 Å². The highest BCUT2D eigenvalue weighted by molar-refractivity contribution is 5.84. The fourth-order valence-electron chi connectivity index (χ4n) is 3.11. The van der Waals surface area contributed by atoms with Crippen LogP contribution in [0.5, 0.6) is 0 Å². The van der Waals surface area contributed by atoms with Crippen molar-refractivity contribution in [2.75, 3.05) is 13.2 Å². The molecule has 2 heterocycles. The first-order chi connectivity index (χ1) is 10.1. The molecule has 0 spiro atoms. The Hall–Kier alpha value is -1.88. The topological polar surface area (TPSA) is 66.8 Å². The molecule has 5 nitrogen and oxygen atoms in total. The number of amides is 1. The lowest BCUT2D eigenvalue weighted by atomic mass is 9.93. The van der Waals surface area contributed by atoms with Gasteiger partial charge in [0.25, 0.3) is 0 Å². The fraction of sp³-hybridized carbons (Fsp3) is 0.500. The van der Waals surface area contributed by atoms with E-state index < -0.39 is 12.0 Å². The van der Waals surface area contributed by atoms with Crippen LogP contribution in [0.15, 0.2) is 24.3 Å². The summed E-state index contributed by atoms with van der Waals surface area (Å²) in [6.45, 7) is 1.69. The molecule has 1 aromatic carbocycles. The van der Waals surface area contributed by atoms with Gasteiger partial charge in [-0.3, -0.25) is 4.79 Å². The van der Waals surface area contributed by atoms with E-state index >= 15 is 0 Å². The number of fused-ring (bicyclic) bond motifs is 1. The second kappa shape index (κ2) is 5.85. The molecule has 0 radical (unpaired) electrons. The van der Waals surface area contributed by atoms with Crippen LogP contribution in [-0.4, -0.2) is 41.1 Å². The zero-order valence-corrected chi connectivity index (χ0v) is 11.8. The van der Waals surface area contributed by atoms with Crippen molar-refractivity contribution in [1.82, 2.24) is 4.90 Å². The molecule has 1 aromatic rings. The predicted molar refractivity (Wildman–Crippen MR) is 75.7 cm³/mol. The molecule has 3 rings (SSSR count). The molecular weight excluding hydrogens is 270 g/mol. The summed E-state index contributed by atoms with van der Waals surface area (Å²) in [6.07, 6.45) is 1.65. The molecule has 0 unspecified atom stereocenters. The molecule has 1 amide bonds. The number of benzene rings is 1. The molecule has 2 atom stereocenters. The number of carboxylic acids is 1. The predicted octanol–water partition coefficient (Wildman–Crippen LogP) is 1.45. The first kappa shape index (κ1) is 14.1. The van der Waals surface area contributed by atoms with Gasteiger partial charge in [-0.25, -0.2) is 4.79 Å². The lowest BCUT2D eigenvalue weighted by molar-refractivity contribution is -0.151. The van der Waals surface area contributed by atoms with E-state index in [1.54, 1.807) is 0 Å². The van der Waals surface area contributed by atoms with E-state index in [2.05, 4.69) is 0 Å². The minimum Gasteiger partial charge on any atom is -0.480 e. The van der Waals surface area contributed by atoms with Gasteiger partial charge in [-0.2, -0.15) is 0 Å². The second-order valence-electron chi connectivity index (χ2n) is 5.78. The van der Waals surface area contributed by atoms with Crippen LogP contribution in [0.3, 0.4) is 0 Å². The molecule has 0 aliphatic carbocycles. The number of carboxylic acid groups (broad SMARTS) is 1. The van der Waals surface area contributed by atoms with Gasteiger partial charge in [0.05, 0.1) is 0 Å². The maximum absolute atomic E-state index is 12.5. The van der Waals surface area contributed by atoms with Crippen molar-refractivity contribution in [1.29, 1.82) is 0 Å². The molecular formula is C16H19NO4. The fourth-order valence-corrected chi connectivity index (χ4v) is 3.11. The molecule has 1 N–H and O–H groups in total. The molecule has 5 heteroatoms. The molecule has 2 aliphatic rings. The van der Waals surface area contributed by atoms with Gasteiger partial charge in [0.2, 0.25) is 5.91 Å². The standard InChI is InChI=1S/C16H19NO4/c18-15(7-11-5-6-21-10-11)17-9-13-4-2-1-3-12(13)8-14(17)16(19)20/h1-4,11,14H,5-10H2,(H,19,20)/t11-,14-/m1/s1. The van der Waals surface area contributed by atoms with E-state index in [0.29, 0.717) is 32.6 Å². The summed E-state index contributed by atoms with van der Waals surface area (Å²) in [5.41, 5.74) is 2.07. The summed E-state index contributed by atoms with van der Waals surface area (Å²) in [4.78, 5) is 25.5. The smallest absolute Gasteiger partial charge is 0.326 e. The number of carbonyl (C=O) groups is 2. The SMILES string of the molecule is O=C(O)[C@H]1Cc2ccccc2CN1C(=O)C[C@H]1CCOC1. The Kier molecular flexibility index (Phi) is 3.92. The van der Waals surface area contributed by atoms with Crippen molar-refractivity contribution in [2.24, 2.45) is 5.92 Å². The van der Waals surface area contributed by atoms with Crippen LogP contribution in [0.2, 0.25) is 0 Å². The van der Waals surface area contributed by atoms with Crippen molar-refractivity contribution in [3.8, 4) is 0 Å². The number of carbonyl (C=O) groups excluding carboxylic acids is 1. The van der Waals surface area contributed by atoms with Crippen molar-refractivity contribution in [3.63, 3.8) is 0 Å². The van der Waals surface area contributed by atoms with Crippen molar-refractivity contribution >= 4 is 11.9 Å². The number of hydrogen-bond donors (Lipinski definition) is 1. The molecule has 0 bridgehead atoms. The van der Waals surface area contributed by atoms with Gasteiger partial charge >= 0.3 is 5.97 Å². The summed E-state index contributed by atoms with van der Waals surface area (Å²) in [7, 11) is 0. The summed E-state index contributed by atoms with van der Waals surface area (Å²) in [6, 6.07) is 6.98. The largest absolute Gasteiger partial charge is 0.480 e. The average Bonchev–Trinajstić information content (AvgIpc) is 2.98. The minimum atomic E-state index is -0.930. The van der Waals surface area contributed by atoms with Crippen LogP contribution < -0.4 is 0 Å². The molecule has 21 heavy (non-hydrogen) atoms. The van der Waals surface area contributed by atoms with Crippen molar-refractivity contribution in [3.05, 3.63) is 35.4 Å². The third-order valence-electron chi connectivity index (χ3n) is 4.34. The molecule has 112 valence electrons. The maximum Gasteiger partial charge on any atom is 0.326 e. The monoisotopic (exact) mass is 289 g/mol. The normalized spacial score (nSPS) is 24.7. The van der Waals surface area contributed by atoms with E-state index in [9.17, 15) is 14.7 Å². The summed E-state index contributed by atoms with van der Waals surface area (Å²) in [5, 5.41) is 9.43. The zero-order valence-electron chi connectivity index (χ0n) is 11.8. The van der Waals surface area contributed by atoms with Crippen LogP contribution >= 0.6 is 0 Å². The zero-order chi connectivity index (χ0) is 14.8. The number of rotatable bonds is 3. The number of ether oxygens (including phenoxy) is 1. The van der Waals surface area contributed by atoms with E-state index in [4.69, 9.17) is 4.74 Å². The molecule has 1 saturated heterocycles. The summed E-state index contributed by atoms with van der Waals surface area (Å²) >= 11 is 0. The summed E-state index contributed by atoms with van der Waals surface area (Å²) in [5.74, 6) is -0.781. The van der Waals surface area contributed by atoms with Crippen molar-refractivity contribution in [2.45, 2.75) is 31.8 Å². The van der Waals surface area contributed by atoms with Gasteiger partial charge < -0.3 is 14.7 Å². The Morgan fingerprint density at radius 2 is 2.05 bits per heavy atom. The number of hydrogen-bond acceptors (Lipinski definition) is 3. The quantitative estimate of drug-likeness (QED) is 0.914. The molecule has 0 aromatic heterocycles. The third-order valence-corrected chi connectivity index (χ3v) is 4.34.